The second-order valence-corrected chi connectivity index (χ2v) is 12.4. The Morgan fingerprint density at radius 1 is 1.09 bits per heavy atom. The van der Waals surface area contributed by atoms with Gasteiger partial charge in [-0.3, -0.25) is 28.9 Å². The highest BCUT2D eigenvalue weighted by molar-refractivity contribution is 6.31. The van der Waals surface area contributed by atoms with E-state index in [0.717, 1.165) is 15.9 Å². The van der Waals surface area contributed by atoms with Crippen molar-refractivity contribution in [3.8, 4) is 11.5 Å². The minimum absolute atomic E-state index is 0.0310. The minimum Gasteiger partial charge on any atom is -0.508 e. The van der Waals surface area contributed by atoms with Crippen molar-refractivity contribution in [2.45, 2.75) is 38.5 Å². The van der Waals surface area contributed by atoms with E-state index in [1.807, 2.05) is 6.08 Å². The maximum Gasteiger partial charge on any atom is 0.303 e. The van der Waals surface area contributed by atoms with Crippen LogP contribution in [0.25, 0.3) is 0 Å². The molecule has 4 amide bonds. The van der Waals surface area contributed by atoms with Crippen LogP contribution in [-0.4, -0.2) is 58.4 Å². The van der Waals surface area contributed by atoms with E-state index in [2.05, 4.69) is 0 Å². The maximum atomic E-state index is 14.4. The monoisotopic (exact) mass is 624 g/mol. The molecule has 2 N–H and O–H groups in total. The smallest absolute Gasteiger partial charge is 0.303 e. The zero-order valence-corrected chi connectivity index (χ0v) is 24.7. The van der Waals surface area contributed by atoms with Gasteiger partial charge in [0.1, 0.15) is 17.3 Å². The highest BCUT2D eigenvalue weighted by atomic mass is 35.5. The molecule has 2 aromatic carbocycles. The third kappa shape index (κ3) is 4.31. The topological polar surface area (TPSA) is 142 Å². The van der Waals surface area contributed by atoms with Crippen LogP contribution in [0.15, 0.2) is 48.0 Å². The van der Waals surface area contributed by atoms with Gasteiger partial charge in [0.05, 0.1) is 41.0 Å². The van der Waals surface area contributed by atoms with E-state index >= 15 is 0 Å². The van der Waals surface area contributed by atoms with Gasteiger partial charge in [-0.25, -0.2) is 9.29 Å². The molecule has 6 rings (SSSR count). The number of methoxy groups -OCH3 is 1. The Hall–Kier alpha value is -4.25. The Bertz CT molecular complexity index is 1660. The number of allylic oxidation sites excluding steroid dienone is 2. The third-order valence-electron chi connectivity index (χ3n) is 9.85. The lowest BCUT2D eigenvalue weighted by molar-refractivity contribution is -0.142. The number of phenolic OH excluding ortho intramolecular Hbond substituents is 1. The van der Waals surface area contributed by atoms with Crippen LogP contribution in [0.4, 0.5) is 10.1 Å². The van der Waals surface area contributed by atoms with Gasteiger partial charge in [0.15, 0.2) is 0 Å². The molecule has 2 aromatic rings. The van der Waals surface area contributed by atoms with Gasteiger partial charge in [0.2, 0.25) is 23.6 Å². The quantitative estimate of drug-likeness (QED) is 0.343. The number of aromatic hydroxyl groups is 1. The van der Waals surface area contributed by atoms with Crippen molar-refractivity contribution in [3.63, 3.8) is 0 Å². The van der Waals surface area contributed by atoms with Gasteiger partial charge in [-0.15, -0.1) is 0 Å². The maximum absolute atomic E-state index is 14.4. The number of rotatable bonds is 7. The van der Waals surface area contributed by atoms with E-state index in [-0.39, 0.29) is 54.6 Å². The number of carboxylic acids is 1. The first-order valence-corrected chi connectivity index (χ1v) is 14.7. The van der Waals surface area contributed by atoms with Crippen molar-refractivity contribution < 1.29 is 43.3 Å². The van der Waals surface area contributed by atoms with Gasteiger partial charge in [-0.05, 0) is 68.5 Å². The van der Waals surface area contributed by atoms with Crippen LogP contribution in [0.1, 0.15) is 44.1 Å². The predicted octanol–water partition coefficient (Wildman–Crippen LogP) is 4.29. The van der Waals surface area contributed by atoms with E-state index in [9.17, 15) is 33.5 Å². The molecule has 2 heterocycles. The summed E-state index contributed by atoms with van der Waals surface area (Å²) in [6, 6.07) is 8.19. The van der Waals surface area contributed by atoms with Crippen LogP contribution in [-0.2, 0) is 24.0 Å². The number of phenols is 1. The molecule has 4 aliphatic rings. The number of anilines is 1. The number of carbonyl (C=O) groups excluding carboxylic acids is 4. The van der Waals surface area contributed by atoms with Gasteiger partial charge in [0.25, 0.3) is 0 Å². The molecule has 230 valence electrons. The minimum atomic E-state index is -1.43. The normalized spacial score (nSPS) is 29.4. The zero-order valence-electron chi connectivity index (χ0n) is 24.0. The van der Waals surface area contributed by atoms with Crippen LogP contribution in [0.3, 0.4) is 0 Å². The van der Waals surface area contributed by atoms with Crippen LogP contribution >= 0.6 is 11.6 Å². The van der Waals surface area contributed by atoms with Crippen molar-refractivity contribution in [1.82, 2.24) is 4.90 Å². The molecule has 10 nitrogen and oxygen atoms in total. The molecule has 0 radical (unpaired) electrons. The molecule has 1 saturated carbocycles. The highest BCUT2D eigenvalue weighted by Gasteiger charge is 2.67. The van der Waals surface area contributed by atoms with Gasteiger partial charge >= 0.3 is 5.97 Å². The number of hydrogen-bond donors (Lipinski definition) is 2. The van der Waals surface area contributed by atoms with Crippen molar-refractivity contribution in [1.29, 1.82) is 0 Å². The number of nitrogens with zero attached hydrogens (tertiary/aromatic N) is 2. The Labute approximate surface area is 257 Å². The van der Waals surface area contributed by atoms with Crippen molar-refractivity contribution in [2.24, 2.45) is 29.1 Å². The molecule has 2 aliphatic carbocycles. The molecule has 3 fully saturated rings. The number of halogens is 2. The van der Waals surface area contributed by atoms with E-state index in [1.165, 1.54) is 25.3 Å². The first-order valence-electron chi connectivity index (χ1n) is 14.4. The summed E-state index contributed by atoms with van der Waals surface area (Å²) in [5.41, 5.74) is -0.324. The van der Waals surface area contributed by atoms with Gasteiger partial charge in [0, 0.05) is 24.4 Å². The van der Waals surface area contributed by atoms with Crippen LogP contribution in [0.2, 0.25) is 5.02 Å². The first-order chi connectivity index (χ1) is 20.9. The number of likely N-dealkylation sites (tertiary alicyclic amines) is 1. The summed E-state index contributed by atoms with van der Waals surface area (Å²) >= 11 is 6.02. The molecule has 44 heavy (non-hydrogen) atoms. The fraction of sp³-hybridized carbons (Fsp3) is 0.406. The molecule has 0 bridgehead atoms. The summed E-state index contributed by atoms with van der Waals surface area (Å²) in [5, 5.41) is 19.9. The summed E-state index contributed by atoms with van der Waals surface area (Å²) < 4.78 is 19.5. The van der Waals surface area contributed by atoms with E-state index in [0.29, 0.717) is 16.9 Å². The Morgan fingerprint density at radius 2 is 1.84 bits per heavy atom. The second kappa shape index (κ2) is 10.7. The van der Waals surface area contributed by atoms with Crippen molar-refractivity contribution >= 4 is 46.9 Å². The first kappa shape index (κ1) is 29.8. The largest absolute Gasteiger partial charge is 0.508 e. The Morgan fingerprint density at radius 3 is 2.52 bits per heavy atom. The van der Waals surface area contributed by atoms with E-state index in [1.54, 1.807) is 19.1 Å². The van der Waals surface area contributed by atoms with Crippen molar-refractivity contribution in [2.75, 3.05) is 18.6 Å². The molecular weight excluding hydrogens is 595 g/mol. The number of imide groups is 2. The number of carboxylic acid groups (broad SMARTS) is 1. The summed E-state index contributed by atoms with van der Waals surface area (Å²) in [4.78, 5) is 69.0. The van der Waals surface area contributed by atoms with Crippen LogP contribution in [0.5, 0.6) is 11.5 Å². The fourth-order valence-corrected chi connectivity index (χ4v) is 7.97. The molecular formula is C32H30ClFN2O8. The van der Waals surface area contributed by atoms with Gasteiger partial charge in [-0.1, -0.05) is 23.3 Å². The molecule has 0 aromatic heterocycles. The van der Waals surface area contributed by atoms with Crippen LogP contribution in [0, 0.1) is 34.9 Å². The molecule has 0 spiro atoms. The summed E-state index contributed by atoms with van der Waals surface area (Å²) in [6.07, 6.45) is 2.05. The Balaban J connectivity index is 1.48. The lowest BCUT2D eigenvalue weighted by Gasteiger charge is -2.49. The average Bonchev–Trinajstić information content (AvgIpc) is 3.34. The number of hydrogen-bond acceptors (Lipinski definition) is 7. The number of amides is 4. The SMILES string of the molecule is COc1ccc(O)c([C@H]2C3=CC[C@@H]4C(=O)N(CCCC(=O)O)C(=O)[C@@H]4[C@@H]3C[C@H]3C(=O)N(c4ccc(F)c(Cl)c4)C(=O)[C@@]23C)c1. The zero-order chi connectivity index (χ0) is 31.7. The lowest BCUT2D eigenvalue weighted by Crippen LogP contribution is -2.48. The molecule has 2 saturated heterocycles. The van der Waals surface area contributed by atoms with Gasteiger partial charge in [-0.2, -0.15) is 0 Å². The van der Waals surface area contributed by atoms with Crippen LogP contribution < -0.4 is 9.64 Å². The predicted molar refractivity (Wildman–Crippen MR) is 154 cm³/mol. The summed E-state index contributed by atoms with van der Waals surface area (Å²) in [5.74, 6) is -7.35. The third-order valence-corrected chi connectivity index (χ3v) is 10.1. The number of aliphatic carboxylic acids is 1. The Kier molecular flexibility index (Phi) is 7.27. The standard InChI is InChI=1S/C32H30ClFN2O8/c1-32-21(29(41)36(31(32)43)15-5-9-23(34)22(33)12-15)14-19-17(27(32)20-13-16(44-2)6-10-24(20)37)7-8-18-26(19)30(42)35(28(18)40)11-3-4-25(38)39/h5-7,9-10,12-13,18-19,21,26-27,37H,3-4,8,11,14H2,1-2H3,(H,38,39)/t18-,19+,21-,26-,27+,32+/m0/s1. The molecule has 12 heteroatoms. The summed E-state index contributed by atoms with van der Waals surface area (Å²) in [6.45, 7) is 1.63. The second-order valence-electron chi connectivity index (χ2n) is 12.0. The number of ether oxygens (including phenoxy) is 1. The molecule has 0 unspecified atom stereocenters. The highest BCUT2D eigenvalue weighted by Crippen LogP contribution is 2.64. The molecule has 6 atom stereocenters. The lowest BCUT2D eigenvalue weighted by atomic mass is 9.51. The number of fused-ring (bicyclic) bond motifs is 4. The van der Waals surface area contributed by atoms with E-state index in [4.69, 9.17) is 21.4 Å². The fourth-order valence-electron chi connectivity index (χ4n) is 7.79. The van der Waals surface area contributed by atoms with E-state index < -0.39 is 64.5 Å². The number of carbonyl (C=O) groups is 5. The van der Waals surface area contributed by atoms with Crippen molar-refractivity contribution in [3.05, 3.63) is 64.5 Å². The molecule has 2 aliphatic heterocycles. The number of benzene rings is 2. The average molecular weight is 625 g/mol. The summed E-state index contributed by atoms with van der Waals surface area (Å²) in [7, 11) is 1.46. The van der Waals surface area contributed by atoms with Gasteiger partial charge < -0.3 is 14.9 Å².